The molecule has 4 aromatic rings. The van der Waals surface area contributed by atoms with Gasteiger partial charge in [0.05, 0.1) is 21.9 Å². The lowest BCUT2D eigenvalue weighted by Gasteiger charge is -2.36. The summed E-state index contributed by atoms with van der Waals surface area (Å²) in [6.45, 7) is 6.39. The number of ether oxygens (including phenoxy) is 2. The molecule has 2 aromatic heterocycles. The predicted molar refractivity (Wildman–Crippen MR) is 158 cm³/mol. The van der Waals surface area contributed by atoms with E-state index in [1.807, 2.05) is 36.7 Å². The minimum Gasteiger partial charge on any atom is -0.491 e. The maximum atomic E-state index is 13.7. The predicted octanol–water partition coefficient (Wildman–Crippen LogP) is 4.34. The molecule has 0 spiro atoms. The third-order valence-electron chi connectivity index (χ3n) is 7.32. The number of nitrogens with zero attached hydrogens (tertiary/aromatic N) is 5. The Balaban J connectivity index is 1.41. The number of likely N-dealkylation sites (N-methyl/N-ethyl adjacent to an activating group) is 1. The normalized spacial score (nSPS) is 20.5. The number of amides is 2. The Morgan fingerprint density at radius 1 is 1.15 bits per heavy atom. The van der Waals surface area contributed by atoms with Gasteiger partial charge in [-0.1, -0.05) is 19.1 Å². The summed E-state index contributed by atoms with van der Waals surface area (Å²) >= 11 is 1.32. The van der Waals surface area contributed by atoms with E-state index in [0.717, 1.165) is 22.3 Å². The number of rotatable bonds is 5. The molecule has 10 nitrogen and oxygen atoms in total. The molecule has 0 saturated carbocycles. The third kappa shape index (κ3) is 6.70. The van der Waals surface area contributed by atoms with Gasteiger partial charge in [-0.2, -0.15) is 0 Å². The van der Waals surface area contributed by atoms with E-state index in [2.05, 4.69) is 39.0 Å². The van der Waals surface area contributed by atoms with Gasteiger partial charge in [0.15, 0.2) is 5.01 Å². The van der Waals surface area contributed by atoms with Crippen molar-refractivity contribution in [2.75, 3.05) is 39.2 Å². The van der Waals surface area contributed by atoms with E-state index in [0.29, 0.717) is 41.7 Å². The summed E-state index contributed by atoms with van der Waals surface area (Å²) in [5.41, 5.74) is 2.64. The first-order chi connectivity index (χ1) is 19.8. The second-order valence-corrected chi connectivity index (χ2v) is 11.5. The summed E-state index contributed by atoms with van der Waals surface area (Å²) in [6, 6.07) is 12.8. The number of methoxy groups -OCH3 is 1. The monoisotopic (exact) mass is 574 g/mol. The second kappa shape index (κ2) is 12.7. The van der Waals surface area contributed by atoms with Crippen LogP contribution in [0.2, 0.25) is 0 Å². The molecule has 3 heterocycles. The minimum atomic E-state index is -0.330. The molecular weight excluding hydrogens is 540 g/mol. The lowest BCUT2D eigenvalue weighted by atomic mass is 10.0. The van der Waals surface area contributed by atoms with Gasteiger partial charge in [0, 0.05) is 63.5 Å². The van der Waals surface area contributed by atoms with Crippen molar-refractivity contribution in [2.24, 2.45) is 5.92 Å². The van der Waals surface area contributed by atoms with E-state index in [-0.39, 0.29) is 29.9 Å². The Hall–Kier alpha value is -3.93. The molecule has 41 heavy (non-hydrogen) atoms. The Bertz CT molecular complexity index is 1480. The van der Waals surface area contributed by atoms with Crippen LogP contribution in [-0.2, 0) is 11.3 Å². The molecule has 0 aliphatic carbocycles. The Morgan fingerprint density at radius 3 is 2.68 bits per heavy atom. The first kappa shape index (κ1) is 28.6. The maximum Gasteiger partial charge on any atom is 0.284 e. The number of carbonyl (C=O) groups excluding carboxylic acids is 2. The number of aromatic nitrogens is 3. The van der Waals surface area contributed by atoms with Crippen LogP contribution in [0.5, 0.6) is 5.75 Å². The maximum absolute atomic E-state index is 13.7. The zero-order valence-corrected chi connectivity index (χ0v) is 24.4. The van der Waals surface area contributed by atoms with Crippen LogP contribution >= 0.6 is 11.3 Å². The Morgan fingerprint density at radius 2 is 1.93 bits per heavy atom. The molecule has 0 bridgehead atoms. The topological polar surface area (TPSA) is 110 Å². The summed E-state index contributed by atoms with van der Waals surface area (Å²) < 4.78 is 13.1. The van der Waals surface area contributed by atoms with Crippen molar-refractivity contribution in [3.63, 3.8) is 0 Å². The number of benzene rings is 2. The van der Waals surface area contributed by atoms with Gasteiger partial charge < -0.3 is 19.7 Å². The fourth-order valence-corrected chi connectivity index (χ4v) is 5.81. The summed E-state index contributed by atoms with van der Waals surface area (Å²) in [5, 5.41) is 3.25. The van der Waals surface area contributed by atoms with Crippen molar-refractivity contribution in [3.8, 4) is 5.75 Å². The van der Waals surface area contributed by atoms with Crippen molar-refractivity contribution < 1.29 is 19.1 Å². The van der Waals surface area contributed by atoms with Gasteiger partial charge in [0.25, 0.3) is 11.8 Å². The van der Waals surface area contributed by atoms with Crippen LogP contribution < -0.4 is 10.1 Å². The lowest BCUT2D eigenvalue weighted by Crippen LogP contribution is -2.46. The van der Waals surface area contributed by atoms with Gasteiger partial charge in [-0.05, 0) is 43.2 Å². The van der Waals surface area contributed by atoms with E-state index in [4.69, 9.17) is 9.47 Å². The highest BCUT2D eigenvalue weighted by atomic mass is 32.1. The molecule has 1 aliphatic heterocycles. The Labute approximate surface area is 243 Å². The summed E-state index contributed by atoms with van der Waals surface area (Å²) in [5.74, 6) is 0.0400. The van der Waals surface area contributed by atoms with E-state index in [1.165, 1.54) is 17.7 Å². The van der Waals surface area contributed by atoms with Gasteiger partial charge in [-0.3, -0.25) is 14.5 Å². The lowest BCUT2D eigenvalue weighted by molar-refractivity contribution is 0.00918. The van der Waals surface area contributed by atoms with Crippen molar-refractivity contribution in [3.05, 3.63) is 77.3 Å². The van der Waals surface area contributed by atoms with Crippen molar-refractivity contribution in [1.29, 1.82) is 0 Å². The molecule has 0 radical (unpaired) electrons. The van der Waals surface area contributed by atoms with E-state index in [1.54, 1.807) is 37.3 Å². The highest BCUT2D eigenvalue weighted by Gasteiger charge is 2.29. The number of fused-ring (bicyclic) bond motifs is 2. The average molecular weight is 575 g/mol. The fourth-order valence-electron chi connectivity index (χ4n) is 4.95. The first-order valence-electron chi connectivity index (χ1n) is 13.5. The molecule has 0 unspecified atom stereocenters. The van der Waals surface area contributed by atoms with Crippen molar-refractivity contribution in [1.82, 2.24) is 24.8 Å². The average Bonchev–Trinajstić information content (AvgIpc) is 3.43. The first-order valence-corrected chi connectivity index (χ1v) is 14.3. The summed E-state index contributed by atoms with van der Waals surface area (Å²) in [4.78, 5) is 43.4. The smallest absolute Gasteiger partial charge is 0.284 e. The van der Waals surface area contributed by atoms with Crippen LogP contribution in [0.3, 0.4) is 0 Å². The highest BCUT2D eigenvalue weighted by molar-refractivity contribution is 7.20. The third-order valence-corrected chi connectivity index (χ3v) is 8.35. The van der Waals surface area contributed by atoms with Crippen LogP contribution in [0.1, 0.15) is 39.6 Å². The summed E-state index contributed by atoms with van der Waals surface area (Å²) in [6.07, 6.45) is 4.98. The molecule has 1 aliphatic rings. The van der Waals surface area contributed by atoms with Crippen LogP contribution in [0.25, 0.3) is 10.2 Å². The fraction of sp³-hybridized carbons (Fsp3) is 0.367. The van der Waals surface area contributed by atoms with Gasteiger partial charge in [-0.25, -0.2) is 15.0 Å². The van der Waals surface area contributed by atoms with Crippen LogP contribution in [0, 0.1) is 5.92 Å². The molecule has 2 amide bonds. The zero-order chi connectivity index (χ0) is 28.9. The molecule has 0 saturated heterocycles. The number of thiazole rings is 1. The van der Waals surface area contributed by atoms with Crippen LogP contribution in [0.15, 0.2) is 61.2 Å². The van der Waals surface area contributed by atoms with Gasteiger partial charge >= 0.3 is 0 Å². The van der Waals surface area contributed by atoms with Crippen molar-refractivity contribution >= 4 is 39.1 Å². The van der Waals surface area contributed by atoms with Gasteiger partial charge in [0.2, 0.25) is 0 Å². The number of hydrogen-bond donors (Lipinski definition) is 1. The van der Waals surface area contributed by atoms with Gasteiger partial charge in [-0.15, -0.1) is 11.3 Å². The number of carbonyl (C=O) groups is 2. The number of nitrogens with one attached hydrogen (secondary N) is 1. The molecule has 11 heteroatoms. The number of para-hydroxylation sites is 1. The quantitative estimate of drug-likeness (QED) is 0.375. The molecule has 2 aromatic carbocycles. The highest BCUT2D eigenvalue weighted by Crippen LogP contribution is 2.28. The number of hydrogen-bond acceptors (Lipinski definition) is 9. The van der Waals surface area contributed by atoms with Crippen molar-refractivity contribution in [2.45, 2.75) is 32.5 Å². The van der Waals surface area contributed by atoms with E-state index < -0.39 is 0 Å². The SMILES string of the molecule is CO[C@@H]1CN(C)C(=O)c2cc(NC(=O)c3nc4ccccc4s3)ccc2OC[C@@H](C)N(Cc2cncnc2)C[C@H]1C. The standard InChI is InChI=1S/C30H34N6O4S/c1-19-14-36(15-21-12-31-18-32-13-21)20(2)17-40-25-10-9-22(11-23(25)30(38)35(3)16-26(19)39-4)33-28(37)29-34-24-7-5-6-8-27(24)41-29/h5-13,18-20,26H,14-17H2,1-4H3,(H,33,37)/t19-,20-,26-/m1/s1. The van der Waals surface area contributed by atoms with Crippen LogP contribution in [-0.4, -0.2) is 82.6 Å². The zero-order valence-electron chi connectivity index (χ0n) is 23.6. The molecule has 214 valence electrons. The Kier molecular flexibility index (Phi) is 8.87. The largest absolute Gasteiger partial charge is 0.491 e. The van der Waals surface area contributed by atoms with E-state index in [9.17, 15) is 9.59 Å². The van der Waals surface area contributed by atoms with Gasteiger partial charge in [0.1, 0.15) is 18.7 Å². The second-order valence-electron chi connectivity index (χ2n) is 10.4. The van der Waals surface area contributed by atoms with Crippen LogP contribution in [0.4, 0.5) is 5.69 Å². The van der Waals surface area contributed by atoms with E-state index >= 15 is 0 Å². The molecule has 3 atom stereocenters. The summed E-state index contributed by atoms with van der Waals surface area (Å²) in [7, 11) is 3.43. The molecular formula is C30H34N6O4S. The molecule has 5 rings (SSSR count). The molecule has 1 N–H and O–H groups in total. The molecule has 0 fully saturated rings. The number of anilines is 1. The minimum absolute atomic E-state index is 0.0219.